The van der Waals surface area contributed by atoms with Crippen molar-refractivity contribution in [2.24, 2.45) is 5.41 Å². The van der Waals surface area contributed by atoms with Gasteiger partial charge in [0.2, 0.25) is 5.91 Å². The van der Waals surface area contributed by atoms with Crippen LogP contribution in [0.15, 0.2) is 48.5 Å². The van der Waals surface area contributed by atoms with Crippen molar-refractivity contribution in [3.8, 4) is 0 Å². The van der Waals surface area contributed by atoms with Gasteiger partial charge < -0.3 is 15.3 Å². The zero-order chi connectivity index (χ0) is 23.8. The fourth-order valence-corrected chi connectivity index (χ4v) is 5.25. The van der Waals surface area contributed by atoms with Crippen LogP contribution in [0.5, 0.6) is 0 Å². The van der Waals surface area contributed by atoms with E-state index in [1.54, 1.807) is 12.1 Å². The summed E-state index contributed by atoms with van der Waals surface area (Å²) < 4.78 is 41.4. The molecule has 2 saturated heterocycles. The molecule has 33 heavy (non-hydrogen) atoms. The van der Waals surface area contributed by atoms with E-state index in [1.807, 2.05) is 0 Å². The Balaban J connectivity index is 1.56. The Morgan fingerprint density at radius 3 is 2.18 bits per heavy atom. The zero-order valence-electron chi connectivity index (χ0n) is 18.4. The molecule has 0 radical (unpaired) electrons. The average Bonchev–Trinajstić information content (AvgIpc) is 2.80. The number of piperidine rings is 2. The Morgan fingerprint density at radius 1 is 1.09 bits per heavy atom. The highest BCUT2D eigenvalue weighted by atomic mass is 19.1. The minimum atomic E-state index is -2.43. The smallest absolute Gasteiger partial charge is 0.262 e. The molecule has 4 rings (SSSR count). The number of halogens is 3. The third kappa shape index (κ3) is 4.24. The maximum Gasteiger partial charge on any atom is 0.262 e. The minimum absolute atomic E-state index is 0.00887. The molecule has 0 aliphatic carbocycles. The summed E-state index contributed by atoms with van der Waals surface area (Å²) in [5.41, 5.74) is -1.95. The molecule has 2 unspecified atom stereocenters. The lowest BCUT2D eigenvalue weighted by atomic mass is 9.62. The number of likely N-dealkylation sites (tertiary alicyclic amines) is 1. The summed E-state index contributed by atoms with van der Waals surface area (Å²) in [4.78, 5) is 27.0. The van der Waals surface area contributed by atoms with E-state index >= 15 is 0 Å². The van der Waals surface area contributed by atoms with Gasteiger partial charge in [-0.2, -0.15) is 0 Å². The van der Waals surface area contributed by atoms with Crippen molar-refractivity contribution in [2.45, 2.75) is 43.9 Å². The van der Waals surface area contributed by atoms with Crippen LogP contribution in [0.25, 0.3) is 0 Å². The van der Waals surface area contributed by atoms with Crippen LogP contribution in [0.4, 0.5) is 13.2 Å². The molecule has 2 aliphatic rings. The Kier molecular flexibility index (Phi) is 6.22. The SMILES string of the molecule is CC(F)C(O)(C(=O)N1CCC2(CC1)CC(=O)NC[C@H]2c1ccc(F)cc1)c1ccc(F)cc1. The van der Waals surface area contributed by atoms with Gasteiger partial charge in [0, 0.05) is 32.0 Å². The third-order valence-electron chi connectivity index (χ3n) is 7.26. The molecule has 2 amide bonds. The van der Waals surface area contributed by atoms with E-state index in [4.69, 9.17) is 0 Å². The Morgan fingerprint density at radius 2 is 1.64 bits per heavy atom. The lowest BCUT2D eigenvalue weighted by molar-refractivity contribution is -0.163. The molecule has 5 nitrogen and oxygen atoms in total. The van der Waals surface area contributed by atoms with Gasteiger partial charge in [0.05, 0.1) is 0 Å². The number of hydrogen-bond acceptors (Lipinski definition) is 3. The number of aliphatic hydroxyl groups is 1. The van der Waals surface area contributed by atoms with Crippen LogP contribution in [0.2, 0.25) is 0 Å². The van der Waals surface area contributed by atoms with Crippen LogP contribution in [-0.2, 0) is 15.2 Å². The molecule has 3 atom stereocenters. The summed E-state index contributed by atoms with van der Waals surface area (Å²) in [5.74, 6) is -1.80. The van der Waals surface area contributed by atoms with Crippen molar-refractivity contribution in [1.29, 1.82) is 0 Å². The van der Waals surface area contributed by atoms with Crippen molar-refractivity contribution < 1.29 is 27.9 Å². The van der Waals surface area contributed by atoms with Gasteiger partial charge in [-0.05, 0) is 60.6 Å². The van der Waals surface area contributed by atoms with E-state index in [0.717, 1.165) is 24.6 Å². The van der Waals surface area contributed by atoms with Crippen molar-refractivity contribution in [3.63, 3.8) is 0 Å². The molecule has 2 aromatic carbocycles. The summed E-state index contributed by atoms with van der Waals surface area (Å²) in [6, 6.07) is 10.8. The second-order valence-electron chi connectivity index (χ2n) is 9.13. The maximum absolute atomic E-state index is 14.6. The van der Waals surface area contributed by atoms with Gasteiger partial charge in [0.25, 0.3) is 5.91 Å². The lowest BCUT2D eigenvalue weighted by Gasteiger charge is -2.50. The standard InChI is InChI=1S/C25H27F3N2O3/c1-16(26)25(33,18-4-8-20(28)9-5-18)23(32)30-12-10-24(11-13-30)14-22(31)29-15-21(24)17-2-6-19(27)7-3-17/h2-9,16,21,33H,10-15H2,1H3,(H,29,31)/t16?,21-,25?/m0/s1. The highest BCUT2D eigenvalue weighted by Crippen LogP contribution is 2.49. The maximum atomic E-state index is 14.6. The molecule has 0 aromatic heterocycles. The fraction of sp³-hybridized carbons (Fsp3) is 0.440. The van der Waals surface area contributed by atoms with Crippen LogP contribution in [0.3, 0.4) is 0 Å². The molecule has 2 fully saturated rings. The first-order valence-electron chi connectivity index (χ1n) is 11.1. The number of nitrogens with one attached hydrogen (secondary N) is 1. The van der Waals surface area contributed by atoms with E-state index in [-0.39, 0.29) is 42.7 Å². The zero-order valence-corrected chi connectivity index (χ0v) is 18.4. The van der Waals surface area contributed by atoms with Crippen LogP contribution in [0, 0.1) is 17.0 Å². The highest BCUT2D eigenvalue weighted by Gasteiger charge is 2.51. The number of hydrogen-bond donors (Lipinski definition) is 2. The second-order valence-corrected chi connectivity index (χ2v) is 9.13. The predicted molar refractivity (Wildman–Crippen MR) is 116 cm³/mol. The van der Waals surface area contributed by atoms with E-state index in [2.05, 4.69) is 5.32 Å². The highest BCUT2D eigenvalue weighted by molar-refractivity contribution is 5.87. The molecule has 2 aromatic rings. The van der Waals surface area contributed by atoms with Crippen LogP contribution in [0.1, 0.15) is 43.2 Å². The molecule has 0 bridgehead atoms. The third-order valence-corrected chi connectivity index (χ3v) is 7.26. The van der Waals surface area contributed by atoms with E-state index in [1.165, 1.54) is 29.2 Å². The van der Waals surface area contributed by atoms with Gasteiger partial charge in [0.1, 0.15) is 17.8 Å². The summed E-state index contributed by atoms with van der Waals surface area (Å²) >= 11 is 0. The molecule has 2 aliphatic heterocycles. The fourth-order valence-electron chi connectivity index (χ4n) is 5.25. The Labute approximate surface area is 190 Å². The first kappa shape index (κ1) is 23.3. The molecule has 2 N–H and O–H groups in total. The lowest BCUT2D eigenvalue weighted by Crippen LogP contribution is -2.57. The monoisotopic (exact) mass is 460 g/mol. The summed E-state index contributed by atoms with van der Waals surface area (Å²) in [7, 11) is 0. The molecular weight excluding hydrogens is 433 g/mol. The number of rotatable bonds is 4. The van der Waals surface area contributed by atoms with Gasteiger partial charge in [-0.3, -0.25) is 9.59 Å². The minimum Gasteiger partial charge on any atom is -0.373 e. The van der Waals surface area contributed by atoms with E-state index in [0.29, 0.717) is 19.4 Å². The van der Waals surface area contributed by atoms with Crippen molar-refractivity contribution in [3.05, 3.63) is 71.3 Å². The molecule has 1 spiro atoms. The molecule has 8 heteroatoms. The summed E-state index contributed by atoms with van der Waals surface area (Å²) in [6.07, 6.45) is -0.680. The van der Waals surface area contributed by atoms with Gasteiger partial charge in [-0.1, -0.05) is 24.3 Å². The summed E-state index contributed by atoms with van der Waals surface area (Å²) in [5, 5.41) is 14.0. The largest absolute Gasteiger partial charge is 0.373 e. The van der Waals surface area contributed by atoms with Gasteiger partial charge >= 0.3 is 0 Å². The van der Waals surface area contributed by atoms with Crippen LogP contribution in [-0.4, -0.2) is 47.6 Å². The Bertz CT molecular complexity index is 1020. The number of nitrogens with zero attached hydrogens (tertiary/aromatic N) is 1. The number of alkyl halides is 1. The first-order valence-corrected chi connectivity index (χ1v) is 11.1. The molecular formula is C25H27F3N2O3. The number of carbonyl (C=O) groups is 2. The number of benzene rings is 2. The van der Waals surface area contributed by atoms with Gasteiger partial charge in [0.15, 0.2) is 5.60 Å². The van der Waals surface area contributed by atoms with Gasteiger partial charge in [-0.15, -0.1) is 0 Å². The number of carbonyl (C=O) groups excluding carboxylic acids is 2. The van der Waals surface area contributed by atoms with E-state index in [9.17, 15) is 27.9 Å². The Hall–Kier alpha value is -2.87. The molecule has 176 valence electrons. The van der Waals surface area contributed by atoms with Gasteiger partial charge in [-0.25, -0.2) is 13.2 Å². The first-order chi connectivity index (χ1) is 15.7. The van der Waals surface area contributed by atoms with Crippen molar-refractivity contribution >= 4 is 11.8 Å². The van der Waals surface area contributed by atoms with Crippen LogP contribution >= 0.6 is 0 Å². The summed E-state index contributed by atoms with van der Waals surface area (Å²) in [6.45, 7) is 1.99. The quantitative estimate of drug-likeness (QED) is 0.735. The number of amides is 2. The van der Waals surface area contributed by atoms with Crippen LogP contribution < -0.4 is 5.32 Å². The average molecular weight is 460 g/mol. The second kappa shape index (κ2) is 8.82. The van der Waals surface area contributed by atoms with Crippen molar-refractivity contribution in [1.82, 2.24) is 10.2 Å². The van der Waals surface area contributed by atoms with E-state index < -0.39 is 28.9 Å². The molecule has 0 saturated carbocycles. The van der Waals surface area contributed by atoms with Crippen molar-refractivity contribution in [2.75, 3.05) is 19.6 Å². The molecule has 2 heterocycles. The topological polar surface area (TPSA) is 69.6 Å². The predicted octanol–water partition coefficient (Wildman–Crippen LogP) is 3.42. The normalized spacial score (nSPS) is 23.0.